The second kappa shape index (κ2) is 6.89. The van der Waals surface area contributed by atoms with Gasteiger partial charge in [0.15, 0.2) is 0 Å². The van der Waals surface area contributed by atoms with Crippen LogP contribution < -0.4 is 5.32 Å². The number of benzene rings is 1. The van der Waals surface area contributed by atoms with Gasteiger partial charge in [-0.3, -0.25) is 9.69 Å². The number of hydrogen-bond donors (Lipinski definition) is 1. The molecular formula is C20H22ClF3N2OS. The highest BCUT2D eigenvalue weighted by atomic mass is 35.5. The number of nitrogens with zero attached hydrogens (tertiary/aromatic N) is 1. The Morgan fingerprint density at radius 3 is 2.61 bits per heavy atom. The maximum absolute atomic E-state index is 13.0. The van der Waals surface area contributed by atoms with Crippen LogP contribution in [0.25, 0.3) is 10.1 Å². The van der Waals surface area contributed by atoms with Crippen molar-refractivity contribution in [1.82, 2.24) is 10.2 Å². The Balaban J connectivity index is 1.63. The number of alkyl halides is 3. The zero-order valence-electron chi connectivity index (χ0n) is 15.7. The molecule has 0 unspecified atom stereocenters. The summed E-state index contributed by atoms with van der Waals surface area (Å²) >= 11 is 7.12. The Morgan fingerprint density at radius 1 is 1.32 bits per heavy atom. The molecule has 0 spiro atoms. The predicted molar refractivity (Wildman–Crippen MR) is 106 cm³/mol. The minimum Gasteiger partial charge on any atom is -0.346 e. The normalized spacial score (nSPS) is 26.6. The maximum Gasteiger partial charge on any atom is 0.393 e. The fourth-order valence-corrected chi connectivity index (χ4v) is 6.09. The molecule has 1 aromatic carbocycles. The highest BCUT2D eigenvalue weighted by Crippen LogP contribution is 2.40. The lowest BCUT2D eigenvalue weighted by Crippen LogP contribution is -2.69. The smallest absolute Gasteiger partial charge is 0.346 e. The molecule has 8 heteroatoms. The van der Waals surface area contributed by atoms with Crippen LogP contribution in [-0.2, 0) is 6.42 Å². The van der Waals surface area contributed by atoms with E-state index in [-0.39, 0.29) is 28.1 Å². The highest BCUT2D eigenvalue weighted by Gasteiger charge is 2.48. The number of carbonyl (C=O) groups is 1. The van der Waals surface area contributed by atoms with Crippen molar-refractivity contribution in [1.29, 1.82) is 0 Å². The van der Waals surface area contributed by atoms with Gasteiger partial charge in [0.05, 0.1) is 11.3 Å². The Morgan fingerprint density at radius 2 is 2.00 bits per heavy atom. The van der Waals surface area contributed by atoms with E-state index in [0.29, 0.717) is 20.9 Å². The van der Waals surface area contributed by atoms with Crippen LogP contribution in [-0.4, -0.2) is 41.7 Å². The molecule has 1 atom stereocenters. The van der Waals surface area contributed by atoms with Gasteiger partial charge in [-0.1, -0.05) is 17.7 Å². The third-order valence-corrected chi connectivity index (χ3v) is 7.77. The first-order valence-electron chi connectivity index (χ1n) is 9.40. The number of rotatable bonds is 3. The molecule has 3 saturated heterocycles. The second-order valence-electron chi connectivity index (χ2n) is 8.28. The van der Waals surface area contributed by atoms with Gasteiger partial charge in [0.25, 0.3) is 5.91 Å². The average Bonchev–Trinajstić information content (AvgIpc) is 3.05. The van der Waals surface area contributed by atoms with Crippen LogP contribution in [0.3, 0.4) is 0 Å². The van der Waals surface area contributed by atoms with E-state index in [9.17, 15) is 18.0 Å². The monoisotopic (exact) mass is 430 g/mol. The third kappa shape index (κ3) is 3.53. The summed E-state index contributed by atoms with van der Waals surface area (Å²) in [5.41, 5.74) is -0.0861. The topological polar surface area (TPSA) is 32.3 Å². The number of halogens is 4. The van der Waals surface area contributed by atoms with E-state index in [4.69, 9.17) is 11.6 Å². The minimum absolute atomic E-state index is 0.0333. The molecule has 1 N–H and O–H groups in total. The quantitative estimate of drug-likeness (QED) is 0.720. The van der Waals surface area contributed by atoms with Crippen molar-refractivity contribution in [3.05, 3.63) is 33.7 Å². The summed E-state index contributed by atoms with van der Waals surface area (Å²) in [4.78, 5) is 15.8. The van der Waals surface area contributed by atoms with Crippen LogP contribution in [0.15, 0.2) is 18.2 Å². The Hall–Kier alpha value is -1.31. The number of fused-ring (bicyclic) bond motifs is 4. The van der Waals surface area contributed by atoms with Crippen LogP contribution in [0.5, 0.6) is 0 Å². The van der Waals surface area contributed by atoms with Crippen molar-refractivity contribution in [3.8, 4) is 0 Å². The third-order valence-electron chi connectivity index (χ3n) is 6.21. The van der Waals surface area contributed by atoms with E-state index in [1.807, 2.05) is 0 Å². The Kier molecular flexibility index (Phi) is 4.91. The van der Waals surface area contributed by atoms with E-state index in [2.05, 4.69) is 24.1 Å². The van der Waals surface area contributed by atoms with E-state index in [0.717, 1.165) is 37.3 Å². The van der Waals surface area contributed by atoms with E-state index < -0.39 is 12.6 Å². The molecule has 3 fully saturated rings. The van der Waals surface area contributed by atoms with Crippen molar-refractivity contribution in [2.45, 2.75) is 50.9 Å². The van der Waals surface area contributed by atoms with Crippen molar-refractivity contribution in [3.63, 3.8) is 0 Å². The van der Waals surface area contributed by atoms with Crippen LogP contribution in [0, 0.1) is 5.92 Å². The molecule has 2 bridgehead atoms. The van der Waals surface area contributed by atoms with E-state index >= 15 is 0 Å². The average molecular weight is 431 g/mol. The van der Waals surface area contributed by atoms with Crippen molar-refractivity contribution >= 4 is 38.9 Å². The molecule has 0 saturated carbocycles. The molecule has 5 rings (SSSR count). The molecule has 1 amide bonds. The summed E-state index contributed by atoms with van der Waals surface area (Å²) in [5, 5.41) is 3.87. The van der Waals surface area contributed by atoms with Gasteiger partial charge in [-0.15, -0.1) is 11.3 Å². The molecule has 152 valence electrons. The van der Waals surface area contributed by atoms with Gasteiger partial charge in [-0.2, -0.15) is 13.2 Å². The van der Waals surface area contributed by atoms with Gasteiger partial charge in [0.1, 0.15) is 0 Å². The lowest BCUT2D eigenvalue weighted by atomic mass is 9.72. The largest absolute Gasteiger partial charge is 0.393 e. The first-order chi connectivity index (χ1) is 13.1. The van der Waals surface area contributed by atoms with Gasteiger partial charge in [-0.25, -0.2) is 0 Å². The van der Waals surface area contributed by atoms with E-state index in [1.165, 1.54) is 6.07 Å². The van der Waals surface area contributed by atoms with Gasteiger partial charge in [0, 0.05) is 21.3 Å². The van der Waals surface area contributed by atoms with Crippen molar-refractivity contribution in [2.75, 3.05) is 13.1 Å². The Bertz CT molecular complexity index is 916. The molecule has 3 aliphatic heterocycles. The molecule has 0 aliphatic carbocycles. The lowest BCUT2D eigenvalue weighted by Gasteiger charge is -2.56. The summed E-state index contributed by atoms with van der Waals surface area (Å²) in [6.45, 7) is 6.39. The number of amides is 1. The second-order valence-corrected chi connectivity index (χ2v) is 9.74. The summed E-state index contributed by atoms with van der Waals surface area (Å²) in [6.07, 6.45) is -3.33. The molecule has 28 heavy (non-hydrogen) atoms. The first-order valence-corrected chi connectivity index (χ1v) is 10.6. The summed E-state index contributed by atoms with van der Waals surface area (Å²) in [6, 6.07) is 4.84. The molecule has 3 aliphatic rings. The van der Waals surface area contributed by atoms with Gasteiger partial charge >= 0.3 is 6.18 Å². The summed E-state index contributed by atoms with van der Waals surface area (Å²) in [7, 11) is 0. The van der Waals surface area contributed by atoms with Gasteiger partial charge in [0.2, 0.25) is 0 Å². The zero-order valence-corrected chi connectivity index (χ0v) is 17.3. The minimum atomic E-state index is -4.36. The summed E-state index contributed by atoms with van der Waals surface area (Å²) < 4.78 is 39.3. The van der Waals surface area contributed by atoms with E-state index in [1.54, 1.807) is 12.1 Å². The standard InChI is InChI=1S/C20H22ClF3N2OS/c1-19(2)17(11-5-7-26(19)8-6-11)25-18(27)15-9-12-3-4-14(21)13(16(12)28-15)10-20(22,23)24/h3-4,9,11,17H,5-8,10H2,1-2H3,(H,25,27)/t17-/m0/s1. The van der Waals surface area contributed by atoms with Crippen LogP contribution in [0.4, 0.5) is 13.2 Å². The number of nitrogens with one attached hydrogen (secondary N) is 1. The molecule has 4 heterocycles. The number of hydrogen-bond acceptors (Lipinski definition) is 3. The summed E-state index contributed by atoms with van der Waals surface area (Å²) in [5.74, 6) is 0.218. The number of piperidine rings is 3. The van der Waals surface area contributed by atoms with Crippen LogP contribution >= 0.6 is 22.9 Å². The maximum atomic E-state index is 13.0. The molecular weight excluding hydrogens is 409 g/mol. The zero-order chi connectivity index (χ0) is 20.3. The number of carbonyl (C=O) groups excluding carboxylic acids is 1. The van der Waals surface area contributed by atoms with Gasteiger partial charge in [-0.05, 0) is 68.8 Å². The molecule has 0 radical (unpaired) electrons. The van der Waals surface area contributed by atoms with Crippen LogP contribution in [0.1, 0.15) is 41.9 Å². The molecule has 1 aromatic heterocycles. The highest BCUT2D eigenvalue weighted by molar-refractivity contribution is 7.21. The number of thiophene rings is 1. The van der Waals surface area contributed by atoms with Crippen molar-refractivity contribution < 1.29 is 18.0 Å². The molecule has 2 aromatic rings. The fraction of sp³-hybridized carbons (Fsp3) is 0.550. The van der Waals surface area contributed by atoms with Crippen LogP contribution in [0.2, 0.25) is 5.02 Å². The lowest BCUT2D eigenvalue weighted by molar-refractivity contribution is -0.126. The SMILES string of the molecule is CC1(C)[C@@H](NC(=O)c2cc3ccc(Cl)c(CC(F)(F)F)c3s2)C2CCN1CC2. The van der Waals surface area contributed by atoms with Gasteiger partial charge < -0.3 is 5.32 Å². The Labute approximate surface area is 170 Å². The predicted octanol–water partition coefficient (Wildman–Crippen LogP) is 5.26. The fourth-order valence-electron chi connectivity index (χ4n) is 4.70. The molecule has 3 nitrogen and oxygen atoms in total. The van der Waals surface area contributed by atoms with Crippen molar-refractivity contribution in [2.24, 2.45) is 5.92 Å². The first kappa shape index (κ1) is 20.0.